The molecule has 0 aromatic carbocycles. The fraction of sp³-hybridized carbons (Fsp3) is 0.400. The van der Waals surface area contributed by atoms with Crippen LogP contribution in [0.1, 0.15) is 24.1 Å². The number of fused-ring (bicyclic) bond motifs is 1. The van der Waals surface area contributed by atoms with E-state index in [1.54, 1.807) is 12.3 Å². The van der Waals surface area contributed by atoms with Crippen LogP contribution in [0.4, 0.5) is 5.82 Å². The van der Waals surface area contributed by atoms with E-state index in [2.05, 4.69) is 47.3 Å². The topological polar surface area (TPSA) is 75.9 Å². The van der Waals surface area contributed by atoms with Crippen molar-refractivity contribution < 1.29 is 4.79 Å². The van der Waals surface area contributed by atoms with E-state index in [0.29, 0.717) is 5.82 Å². The number of likely N-dealkylation sites (tertiary alicyclic amines) is 1. The Hall–Kier alpha value is -2.32. The summed E-state index contributed by atoms with van der Waals surface area (Å²) in [5, 5.41) is 8.47. The maximum absolute atomic E-state index is 12.5. The molecule has 3 aromatic rings. The predicted octanol–water partition coefficient (Wildman–Crippen LogP) is 3.28. The summed E-state index contributed by atoms with van der Waals surface area (Å²) in [6.07, 6.45) is 5.32. The van der Waals surface area contributed by atoms with Crippen LogP contribution in [0.3, 0.4) is 0 Å². The summed E-state index contributed by atoms with van der Waals surface area (Å²) in [5.41, 5.74) is 3.10. The molecule has 1 N–H and O–H groups in total. The summed E-state index contributed by atoms with van der Waals surface area (Å²) in [4.78, 5) is 23.7. The highest BCUT2D eigenvalue weighted by molar-refractivity contribution is 9.10. The number of carbonyl (C=O) groups is 1. The first kappa shape index (κ1) is 19.0. The Labute approximate surface area is 172 Å². The number of aromatic nitrogens is 4. The number of hydrogen-bond donors (Lipinski definition) is 1. The Kier molecular flexibility index (Phi) is 5.41. The minimum Gasteiger partial charge on any atom is -0.310 e. The molecule has 1 fully saturated rings. The molecule has 1 aliphatic heterocycles. The Bertz CT molecular complexity index is 992. The molecule has 0 unspecified atom stereocenters. The van der Waals surface area contributed by atoms with Crippen LogP contribution in [0.2, 0.25) is 0 Å². The van der Waals surface area contributed by atoms with Gasteiger partial charge in [-0.2, -0.15) is 5.10 Å². The van der Waals surface area contributed by atoms with Crippen LogP contribution >= 0.6 is 15.9 Å². The summed E-state index contributed by atoms with van der Waals surface area (Å²) in [6, 6.07) is 5.86. The number of anilines is 1. The van der Waals surface area contributed by atoms with E-state index in [-0.39, 0.29) is 11.8 Å². The van der Waals surface area contributed by atoms with E-state index < -0.39 is 0 Å². The van der Waals surface area contributed by atoms with E-state index >= 15 is 0 Å². The van der Waals surface area contributed by atoms with Gasteiger partial charge >= 0.3 is 0 Å². The Morgan fingerprint density at radius 2 is 2.04 bits per heavy atom. The highest BCUT2D eigenvalue weighted by Crippen LogP contribution is 2.22. The van der Waals surface area contributed by atoms with E-state index in [1.807, 2.05) is 30.9 Å². The molecule has 0 radical (unpaired) electrons. The number of hydrogen-bond acceptors (Lipinski definition) is 5. The number of piperidine rings is 1. The first-order chi connectivity index (χ1) is 13.5. The van der Waals surface area contributed by atoms with Gasteiger partial charge in [-0.05, 0) is 72.5 Å². The Balaban J connectivity index is 1.33. The van der Waals surface area contributed by atoms with E-state index in [4.69, 9.17) is 0 Å². The van der Waals surface area contributed by atoms with E-state index in [1.165, 1.54) is 5.56 Å². The first-order valence-electron chi connectivity index (χ1n) is 9.42. The van der Waals surface area contributed by atoms with Crippen molar-refractivity contribution in [3.05, 3.63) is 46.3 Å². The van der Waals surface area contributed by atoms with Gasteiger partial charge in [-0.25, -0.2) is 9.97 Å². The molecule has 3 aromatic heterocycles. The number of aryl methyl sites for hydroxylation is 2. The van der Waals surface area contributed by atoms with Gasteiger partial charge in [0.05, 0.1) is 5.69 Å². The Morgan fingerprint density at radius 3 is 2.75 bits per heavy atom. The molecule has 7 nitrogen and oxygen atoms in total. The summed E-state index contributed by atoms with van der Waals surface area (Å²) < 4.78 is 2.71. The number of pyridine rings is 2. The number of amides is 1. The summed E-state index contributed by atoms with van der Waals surface area (Å²) in [7, 11) is 1.92. The molecule has 28 heavy (non-hydrogen) atoms. The molecule has 1 amide bonds. The molecule has 4 rings (SSSR count). The molecule has 8 heteroatoms. The Morgan fingerprint density at radius 1 is 1.25 bits per heavy atom. The van der Waals surface area contributed by atoms with Gasteiger partial charge in [-0.1, -0.05) is 0 Å². The third-order valence-electron chi connectivity index (χ3n) is 5.26. The molecule has 0 spiro atoms. The van der Waals surface area contributed by atoms with Gasteiger partial charge in [0.2, 0.25) is 5.91 Å². The standard InChI is InChI=1S/C20H23BrN6O/c1-13-17-9-14(10-23-19(17)26(2)25-13)12-27-7-5-15(6-8-27)20(28)24-18-4-3-16(21)11-22-18/h3-4,9-11,15H,5-8,12H2,1-2H3,(H,22,24,28). The molecule has 4 heterocycles. The molecular weight excluding hydrogens is 420 g/mol. The zero-order valence-corrected chi connectivity index (χ0v) is 17.6. The fourth-order valence-corrected chi connectivity index (χ4v) is 3.96. The molecule has 1 saturated heterocycles. The van der Waals surface area contributed by atoms with Crippen LogP contribution in [-0.4, -0.2) is 43.6 Å². The fourth-order valence-electron chi connectivity index (χ4n) is 3.73. The lowest BCUT2D eigenvalue weighted by Crippen LogP contribution is -2.37. The van der Waals surface area contributed by atoms with Crippen LogP contribution in [0.15, 0.2) is 35.1 Å². The van der Waals surface area contributed by atoms with Gasteiger partial charge in [0.1, 0.15) is 5.82 Å². The summed E-state index contributed by atoms with van der Waals surface area (Å²) in [6.45, 7) is 4.66. The van der Waals surface area contributed by atoms with Crippen molar-refractivity contribution in [3.63, 3.8) is 0 Å². The van der Waals surface area contributed by atoms with Crippen molar-refractivity contribution in [2.75, 3.05) is 18.4 Å². The molecule has 146 valence electrons. The van der Waals surface area contributed by atoms with Crippen molar-refractivity contribution in [2.45, 2.75) is 26.3 Å². The maximum atomic E-state index is 12.5. The second kappa shape index (κ2) is 7.97. The molecule has 0 saturated carbocycles. The monoisotopic (exact) mass is 442 g/mol. The molecule has 0 bridgehead atoms. The lowest BCUT2D eigenvalue weighted by Gasteiger charge is -2.31. The van der Waals surface area contributed by atoms with Crippen LogP contribution in [0.25, 0.3) is 11.0 Å². The second-order valence-corrected chi connectivity index (χ2v) is 8.24. The van der Waals surface area contributed by atoms with Gasteiger partial charge in [-0.3, -0.25) is 14.4 Å². The van der Waals surface area contributed by atoms with E-state index in [0.717, 1.165) is 53.7 Å². The maximum Gasteiger partial charge on any atom is 0.228 e. The van der Waals surface area contributed by atoms with Crippen LogP contribution in [0, 0.1) is 12.8 Å². The average Bonchev–Trinajstić information content (AvgIpc) is 2.97. The van der Waals surface area contributed by atoms with Crippen molar-refractivity contribution in [2.24, 2.45) is 13.0 Å². The van der Waals surface area contributed by atoms with Gasteiger partial charge in [0, 0.05) is 41.8 Å². The average molecular weight is 443 g/mol. The number of nitrogens with one attached hydrogen (secondary N) is 1. The third kappa shape index (κ3) is 4.07. The number of rotatable bonds is 4. The zero-order chi connectivity index (χ0) is 19.7. The minimum atomic E-state index is 0.0304. The normalized spacial score (nSPS) is 15.8. The van der Waals surface area contributed by atoms with E-state index in [9.17, 15) is 4.79 Å². The first-order valence-corrected chi connectivity index (χ1v) is 10.2. The van der Waals surface area contributed by atoms with Gasteiger partial charge < -0.3 is 5.32 Å². The highest BCUT2D eigenvalue weighted by atomic mass is 79.9. The number of nitrogens with zero attached hydrogens (tertiary/aromatic N) is 5. The second-order valence-electron chi connectivity index (χ2n) is 7.33. The van der Waals surface area contributed by atoms with Gasteiger partial charge in [0.15, 0.2) is 5.65 Å². The largest absolute Gasteiger partial charge is 0.310 e. The van der Waals surface area contributed by atoms with Crippen molar-refractivity contribution in [3.8, 4) is 0 Å². The molecule has 0 atom stereocenters. The summed E-state index contributed by atoms with van der Waals surface area (Å²) >= 11 is 3.35. The smallest absolute Gasteiger partial charge is 0.228 e. The van der Waals surface area contributed by atoms with Crippen LogP contribution < -0.4 is 5.32 Å². The highest BCUT2D eigenvalue weighted by Gasteiger charge is 2.25. The predicted molar refractivity (Wildman–Crippen MR) is 112 cm³/mol. The lowest BCUT2D eigenvalue weighted by atomic mass is 9.95. The number of halogens is 1. The van der Waals surface area contributed by atoms with Gasteiger partial charge in [-0.15, -0.1) is 0 Å². The summed E-state index contributed by atoms with van der Waals surface area (Å²) in [5.74, 6) is 0.688. The van der Waals surface area contributed by atoms with Crippen LogP contribution in [0.5, 0.6) is 0 Å². The number of carbonyl (C=O) groups excluding carboxylic acids is 1. The van der Waals surface area contributed by atoms with Crippen LogP contribution in [-0.2, 0) is 18.4 Å². The third-order valence-corrected chi connectivity index (χ3v) is 5.73. The quantitative estimate of drug-likeness (QED) is 0.670. The van der Waals surface area contributed by atoms with Crippen molar-refractivity contribution >= 4 is 38.7 Å². The molecule has 0 aliphatic carbocycles. The van der Waals surface area contributed by atoms with Gasteiger partial charge in [0.25, 0.3) is 0 Å². The van der Waals surface area contributed by atoms with Crippen molar-refractivity contribution in [1.82, 2.24) is 24.6 Å². The molecule has 1 aliphatic rings. The van der Waals surface area contributed by atoms with Crippen molar-refractivity contribution in [1.29, 1.82) is 0 Å². The lowest BCUT2D eigenvalue weighted by molar-refractivity contribution is -0.121. The minimum absolute atomic E-state index is 0.0304. The molecular formula is C20H23BrN6O. The zero-order valence-electron chi connectivity index (χ0n) is 16.0. The SMILES string of the molecule is Cc1nn(C)c2ncc(CN3CCC(C(=O)Nc4ccc(Br)cn4)CC3)cc12.